The summed E-state index contributed by atoms with van der Waals surface area (Å²) in [6, 6.07) is 8.35. The van der Waals surface area contributed by atoms with Gasteiger partial charge in [-0.1, -0.05) is 18.2 Å². The Labute approximate surface area is 112 Å². The predicted molar refractivity (Wildman–Crippen MR) is 77.0 cm³/mol. The third-order valence-corrected chi connectivity index (χ3v) is 3.21. The van der Waals surface area contributed by atoms with E-state index in [9.17, 15) is 0 Å². The highest BCUT2D eigenvalue weighted by Gasteiger charge is 2.01. The number of pyridine rings is 1. The lowest BCUT2D eigenvalue weighted by Gasteiger charge is -2.07. The maximum atomic E-state index is 4.25. The Kier molecular flexibility index (Phi) is 3.14. The van der Waals surface area contributed by atoms with Crippen molar-refractivity contribution in [1.29, 1.82) is 0 Å². The number of hydrogen-bond donors (Lipinski definition) is 1. The van der Waals surface area contributed by atoms with Gasteiger partial charge in [-0.15, -0.1) is 0 Å². The summed E-state index contributed by atoms with van der Waals surface area (Å²) in [7, 11) is 0. The maximum Gasteiger partial charge on any atom is 0.0729 e. The molecule has 0 atom stereocenters. The number of nitrogens with one attached hydrogen (secondary N) is 1. The Bertz CT molecular complexity index is 682. The van der Waals surface area contributed by atoms with E-state index in [4.69, 9.17) is 0 Å². The van der Waals surface area contributed by atoms with E-state index < -0.39 is 0 Å². The van der Waals surface area contributed by atoms with Gasteiger partial charge in [0.05, 0.1) is 11.9 Å². The van der Waals surface area contributed by atoms with Gasteiger partial charge in [0.1, 0.15) is 0 Å². The number of hydrogen-bond acceptors (Lipinski definition) is 3. The molecule has 19 heavy (non-hydrogen) atoms. The van der Waals surface area contributed by atoms with Crippen molar-refractivity contribution in [2.45, 2.75) is 20.0 Å². The SMILES string of the molecule is CCn1cc(NCc2cccc3cnccc23)cn1. The zero-order valence-electron chi connectivity index (χ0n) is 10.9. The second-order valence-corrected chi connectivity index (χ2v) is 4.45. The van der Waals surface area contributed by atoms with Gasteiger partial charge in [-0.05, 0) is 23.9 Å². The second-order valence-electron chi connectivity index (χ2n) is 4.45. The standard InChI is InChI=1S/C15H16N4/c1-2-19-11-14(10-18-19)17-9-13-5-3-4-12-8-16-7-6-15(12)13/h3-8,10-11,17H,2,9H2,1H3. The number of rotatable bonds is 4. The highest BCUT2D eigenvalue weighted by Crippen LogP contribution is 2.18. The summed E-state index contributed by atoms with van der Waals surface area (Å²) in [5, 5.41) is 10.1. The highest BCUT2D eigenvalue weighted by molar-refractivity contribution is 5.84. The van der Waals surface area contributed by atoms with E-state index in [0.29, 0.717) is 0 Å². The molecule has 0 fully saturated rings. The van der Waals surface area contributed by atoms with Crippen LogP contribution in [0.25, 0.3) is 10.8 Å². The number of fused-ring (bicyclic) bond motifs is 1. The number of aryl methyl sites for hydroxylation is 1. The van der Waals surface area contributed by atoms with Crippen LogP contribution in [0.2, 0.25) is 0 Å². The van der Waals surface area contributed by atoms with Gasteiger partial charge < -0.3 is 5.32 Å². The molecule has 0 radical (unpaired) electrons. The number of benzene rings is 1. The zero-order valence-corrected chi connectivity index (χ0v) is 10.9. The van der Waals surface area contributed by atoms with Crippen LogP contribution in [0, 0.1) is 0 Å². The van der Waals surface area contributed by atoms with Gasteiger partial charge in [0.25, 0.3) is 0 Å². The molecule has 0 aliphatic heterocycles. The fourth-order valence-corrected chi connectivity index (χ4v) is 2.17. The third kappa shape index (κ3) is 2.42. The van der Waals surface area contributed by atoms with Gasteiger partial charge in [-0.2, -0.15) is 5.10 Å². The Hall–Kier alpha value is -2.36. The Balaban J connectivity index is 1.81. The van der Waals surface area contributed by atoms with E-state index in [1.807, 2.05) is 29.5 Å². The minimum Gasteiger partial charge on any atom is -0.378 e. The van der Waals surface area contributed by atoms with Crippen LogP contribution in [-0.2, 0) is 13.1 Å². The van der Waals surface area contributed by atoms with Gasteiger partial charge in [0.15, 0.2) is 0 Å². The quantitative estimate of drug-likeness (QED) is 0.776. The van der Waals surface area contributed by atoms with E-state index in [2.05, 4.69) is 46.6 Å². The van der Waals surface area contributed by atoms with Crippen molar-refractivity contribution in [1.82, 2.24) is 14.8 Å². The molecule has 3 rings (SSSR count). The van der Waals surface area contributed by atoms with Crippen LogP contribution in [0.15, 0.2) is 49.1 Å². The molecule has 4 heteroatoms. The molecule has 2 heterocycles. The summed E-state index contributed by atoms with van der Waals surface area (Å²) in [5.74, 6) is 0. The normalized spacial score (nSPS) is 10.8. The molecule has 0 unspecified atom stereocenters. The van der Waals surface area contributed by atoms with Crippen LogP contribution in [0.4, 0.5) is 5.69 Å². The molecule has 2 aromatic heterocycles. The molecular formula is C15H16N4. The lowest BCUT2D eigenvalue weighted by atomic mass is 10.1. The van der Waals surface area contributed by atoms with Crippen molar-refractivity contribution in [3.8, 4) is 0 Å². The maximum absolute atomic E-state index is 4.25. The van der Waals surface area contributed by atoms with Gasteiger partial charge in [-0.25, -0.2) is 0 Å². The highest BCUT2D eigenvalue weighted by atomic mass is 15.3. The molecule has 0 bridgehead atoms. The van der Waals surface area contributed by atoms with Crippen molar-refractivity contribution in [3.63, 3.8) is 0 Å². The predicted octanol–water partition coefficient (Wildman–Crippen LogP) is 3.06. The lowest BCUT2D eigenvalue weighted by Crippen LogP contribution is -1.99. The first-order valence-electron chi connectivity index (χ1n) is 6.45. The number of anilines is 1. The van der Waals surface area contributed by atoms with Crippen molar-refractivity contribution in [3.05, 3.63) is 54.6 Å². The molecule has 0 aliphatic carbocycles. The average Bonchev–Trinajstić information content (AvgIpc) is 2.93. The van der Waals surface area contributed by atoms with Crippen LogP contribution in [-0.4, -0.2) is 14.8 Å². The molecule has 4 nitrogen and oxygen atoms in total. The third-order valence-electron chi connectivity index (χ3n) is 3.21. The summed E-state index contributed by atoms with van der Waals surface area (Å²) in [5.41, 5.74) is 2.32. The average molecular weight is 252 g/mol. The van der Waals surface area contributed by atoms with Crippen molar-refractivity contribution < 1.29 is 0 Å². The van der Waals surface area contributed by atoms with E-state index in [1.54, 1.807) is 0 Å². The Morgan fingerprint density at radius 2 is 2.16 bits per heavy atom. The zero-order chi connectivity index (χ0) is 13.1. The molecule has 0 saturated heterocycles. The summed E-state index contributed by atoms with van der Waals surface area (Å²) >= 11 is 0. The van der Waals surface area contributed by atoms with E-state index >= 15 is 0 Å². The molecule has 3 aromatic rings. The fraction of sp³-hybridized carbons (Fsp3) is 0.200. The Morgan fingerprint density at radius 3 is 3.00 bits per heavy atom. The molecule has 0 aliphatic rings. The van der Waals surface area contributed by atoms with Crippen molar-refractivity contribution >= 4 is 16.5 Å². The second kappa shape index (κ2) is 5.10. The summed E-state index contributed by atoms with van der Waals surface area (Å²) in [4.78, 5) is 4.15. The van der Waals surface area contributed by atoms with Crippen LogP contribution >= 0.6 is 0 Å². The number of nitrogens with zero attached hydrogens (tertiary/aromatic N) is 3. The minimum absolute atomic E-state index is 0.788. The van der Waals surface area contributed by atoms with Gasteiger partial charge >= 0.3 is 0 Å². The van der Waals surface area contributed by atoms with Gasteiger partial charge in [-0.3, -0.25) is 9.67 Å². The van der Waals surface area contributed by atoms with Crippen molar-refractivity contribution in [2.75, 3.05) is 5.32 Å². The molecule has 1 aromatic carbocycles. The number of aromatic nitrogens is 3. The van der Waals surface area contributed by atoms with Crippen LogP contribution in [0.5, 0.6) is 0 Å². The van der Waals surface area contributed by atoms with Crippen molar-refractivity contribution in [2.24, 2.45) is 0 Å². The monoisotopic (exact) mass is 252 g/mol. The van der Waals surface area contributed by atoms with E-state index in [0.717, 1.165) is 18.8 Å². The minimum atomic E-state index is 0.788. The van der Waals surface area contributed by atoms with E-state index in [1.165, 1.54) is 16.3 Å². The molecule has 0 saturated carbocycles. The largest absolute Gasteiger partial charge is 0.378 e. The molecule has 0 spiro atoms. The van der Waals surface area contributed by atoms with Gasteiger partial charge in [0.2, 0.25) is 0 Å². The molecule has 96 valence electrons. The summed E-state index contributed by atoms with van der Waals surface area (Å²) < 4.78 is 1.91. The lowest BCUT2D eigenvalue weighted by molar-refractivity contribution is 0.660. The summed E-state index contributed by atoms with van der Waals surface area (Å²) in [6.07, 6.45) is 7.61. The first-order chi connectivity index (χ1) is 9.36. The molecule has 0 amide bonds. The molecule has 1 N–H and O–H groups in total. The van der Waals surface area contributed by atoms with Gasteiger partial charge in [0, 0.05) is 37.1 Å². The van der Waals surface area contributed by atoms with Crippen LogP contribution in [0.1, 0.15) is 12.5 Å². The first-order valence-corrected chi connectivity index (χ1v) is 6.45. The topological polar surface area (TPSA) is 42.7 Å². The Morgan fingerprint density at radius 1 is 1.21 bits per heavy atom. The molecular weight excluding hydrogens is 236 g/mol. The smallest absolute Gasteiger partial charge is 0.0729 e. The first kappa shape index (κ1) is 11.7. The van der Waals surface area contributed by atoms with Crippen LogP contribution < -0.4 is 5.32 Å². The van der Waals surface area contributed by atoms with Crippen LogP contribution in [0.3, 0.4) is 0 Å². The fourth-order valence-electron chi connectivity index (χ4n) is 2.17. The summed E-state index contributed by atoms with van der Waals surface area (Å²) in [6.45, 7) is 3.76. The van der Waals surface area contributed by atoms with E-state index in [-0.39, 0.29) is 0 Å².